The summed E-state index contributed by atoms with van der Waals surface area (Å²) in [6, 6.07) is 12.7. The highest BCUT2D eigenvalue weighted by Gasteiger charge is 2.30. The van der Waals surface area contributed by atoms with Gasteiger partial charge in [0, 0.05) is 37.8 Å². The number of morpholine rings is 1. The van der Waals surface area contributed by atoms with E-state index in [2.05, 4.69) is 39.9 Å². The highest BCUT2D eigenvalue weighted by atomic mass is 16.5. The molecule has 2 aliphatic heterocycles. The van der Waals surface area contributed by atoms with Crippen LogP contribution in [-0.2, 0) is 4.74 Å². The Hall–Kier alpha value is -2.18. The largest absolute Gasteiger partial charge is 0.496 e. The van der Waals surface area contributed by atoms with Crippen LogP contribution in [0.2, 0.25) is 0 Å². The first-order valence-corrected chi connectivity index (χ1v) is 10.3. The number of benzene rings is 1. The number of aromatic nitrogens is 2. The van der Waals surface area contributed by atoms with E-state index in [9.17, 15) is 0 Å². The summed E-state index contributed by atoms with van der Waals surface area (Å²) in [7, 11) is 1.68. The number of nitrogens with zero attached hydrogens (tertiary/aromatic N) is 4. The van der Waals surface area contributed by atoms with E-state index in [1.807, 2.05) is 30.3 Å². The van der Waals surface area contributed by atoms with Crippen LogP contribution in [0, 0.1) is 0 Å². The lowest BCUT2D eigenvalue weighted by Gasteiger charge is -2.43. The highest BCUT2D eigenvalue weighted by molar-refractivity contribution is 5.67. The van der Waals surface area contributed by atoms with E-state index in [1.54, 1.807) is 7.11 Å². The zero-order valence-electron chi connectivity index (χ0n) is 17.0. The quantitative estimate of drug-likeness (QED) is 0.809. The summed E-state index contributed by atoms with van der Waals surface area (Å²) in [5.41, 5.74) is 1.81. The summed E-state index contributed by atoms with van der Waals surface area (Å²) in [4.78, 5) is 4.97. The monoisotopic (exact) mass is 382 g/mol. The van der Waals surface area contributed by atoms with Crippen molar-refractivity contribution in [1.82, 2.24) is 15.1 Å². The van der Waals surface area contributed by atoms with Crippen LogP contribution in [0.15, 0.2) is 36.4 Å². The molecule has 1 aromatic carbocycles. The Morgan fingerprint density at radius 3 is 2.32 bits per heavy atom. The van der Waals surface area contributed by atoms with E-state index in [0.29, 0.717) is 18.2 Å². The zero-order valence-corrected chi connectivity index (χ0v) is 17.0. The van der Waals surface area contributed by atoms with E-state index in [-0.39, 0.29) is 0 Å². The van der Waals surface area contributed by atoms with Gasteiger partial charge in [-0.2, -0.15) is 0 Å². The van der Waals surface area contributed by atoms with Gasteiger partial charge < -0.3 is 14.4 Å². The molecule has 3 heterocycles. The van der Waals surface area contributed by atoms with Gasteiger partial charge in [0.15, 0.2) is 5.82 Å². The average Bonchev–Trinajstić information content (AvgIpc) is 2.73. The second-order valence-electron chi connectivity index (χ2n) is 7.91. The molecule has 0 radical (unpaired) electrons. The normalized spacial score (nSPS) is 24.3. The standard InChI is InChI=1S/C22H30N4O2/c1-16-14-26(15-17(2)28-16)18-10-12-25(13-11-18)22-9-8-20(23-24-22)19-6-4-5-7-21(19)27-3/h4-9,16-18H,10-15H2,1-3H3/t16-,17+. The van der Waals surface area contributed by atoms with Gasteiger partial charge in [-0.25, -0.2) is 0 Å². The predicted molar refractivity (Wildman–Crippen MR) is 111 cm³/mol. The maximum absolute atomic E-state index is 5.88. The fourth-order valence-electron chi connectivity index (χ4n) is 4.47. The van der Waals surface area contributed by atoms with Crippen molar-refractivity contribution in [2.24, 2.45) is 0 Å². The molecular formula is C22H30N4O2. The summed E-state index contributed by atoms with van der Waals surface area (Å²) in [6.07, 6.45) is 2.98. The summed E-state index contributed by atoms with van der Waals surface area (Å²) < 4.78 is 11.3. The van der Waals surface area contributed by atoms with Gasteiger partial charge in [0.05, 0.1) is 25.0 Å². The van der Waals surface area contributed by atoms with Gasteiger partial charge in [-0.3, -0.25) is 4.90 Å². The molecule has 0 aliphatic carbocycles. The third-order valence-electron chi connectivity index (χ3n) is 5.79. The average molecular weight is 383 g/mol. The Kier molecular flexibility index (Phi) is 5.78. The molecule has 150 valence electrons. The zero-order chi connectivity index (χ0) is 19.5. The molecule has 4 rings (SSSR count). The molecule has 2 saturated heterocycles. The summed E-state index contributed by atoms with van der Waals surface area (Å²) >= 11 is 0. The first kappa shape index (κ1) is 19.2. The second kappa shape index (κ2) is 8.45. The van der Waals surface area contributed by atoms with Crippen molar-refractivity contribution in [2.45, 2.75) is 44.9 Å². The molecule has 2 fully saturated rings. The Labute approximate surface area is 167 Å². The van der Waals surface area contributed by atoms with Crippen LogP contribution < -0.4 is 9.64 Å². The van der Waals surface area contributed by atoms with Gasteiger partial charge in [0.2, 0.25) is 0 Å². The highest BCUT2D eigenvalue weighted by Crippen LogP contribution is 2.29. The topological polar surface area (TPSA) is 50.7 Å². The number of ether oxygens (including phenoxy) is 2. The Morgan fingerprint density at radius 2 is 1.68 bits per heavy atom. The molecule has 28 heavy (non-hydrogen) atoms. The molecule has 0 spiro atoms. The fraction of sp³-hybridized carbons (Fsp3) is 0.545. The smallest absolute Gasteiger partial charge is 0.151 e. The van der Waals surface area contributed by atoms with E-state index in [4.69, 9.17) is 9.47 Å². The minimum absolute atomic E-state index is 0.329. The van der Waals surface area contributed by atoms with Crippen LogP contribution in [-0.4, -0.2) is 66.6 Å². The number of piperidine rings is 1. The molecule has 0 unspecified atom stereocenters. The molecule has 0 amide bonds. The van der Waals surface area contributed by atoms with Crippen LogP contribution >= 0.6 is 0 Å². The lowest BCUT2D eigenvalue weighted by molar-refractivity contribution is -0.0826. The van der Waals surface area contributed by atoms with E-state index < -0.39 is 0 Å². The van der Waals surface area contributed by atoms with Crippen LogP contribution in [0.1, 0.15) is 26.7 Å². The molecule has 0 bridgehead atoms. The van der Waals surface area contributed by atoms with Crippen molar-refractivity contribution < 1.29 is 9.47 Å². The third-order valence-corrected chi connectivity index (χ3v) is 5.79. The number of hydrogen-bond acceptors (Lipinski definition) is 6. The molecule has 2 aromatic rings. The molecular weight excluding hydrogens is 352 g/mol. The summed E-state index contributed by atoms with van der Waals surface area (Å²) in [5, 5.41) is 8.97. The van der Waals surface area contributed by atoms with E-state index >= 15 is 0 Å². The minimum atomic E-state index is 0.329. The molecule has 2 atom stereocenters. The van der Waals surface area contributed by atoms with E-state index in [1.165, 1.54) is 0 Å². The Bertz CT molecular complexity index is 764. The number of hydrogen-bond donors (Lipinski definition) is 0. The third kappa shape index (κ3) is 4.13. The molecule has 2 aliphatic rings. The maximum Gasteiger partial charge on any atom is 0.151 e. The van der Waals surface area contributed by atoms with Crippen LogP contribution in [0.25, 0.3) is 11.3 Å². The molecule has 1 aromatic heterocycles. The molecule has 0 N–H and O–H groups in total. The fourth-order valence-corrected chi connectivity index (χ4v) is 4.47. The molecule has 6 heteroatoms. The lowest BCUT2D eigenvalue weighted by atomic mass is 10.0. The van der Waals surface area contributed by atoms with Crippen molar-refractivity contribution in [2.75, 3.05) is 38.2 Å². The predicted octanol–water partition coefficient (Wildman–Crippen LogP) is 3.23. The second-order valence-corrected chi connectivity index (χ2v) is 7.91. The van der Waals surface area contributed by atoms with E-state index in [0.717, 1.165) is 61.8 Å². The number of methoxy groups -OCH3 is 1. The number of anilines is 1. The van der Waals surface area contributed by atoms with Crippen molar-refractivity contribution in [3.8, 4) is 17.0 Å². The van der Waals surface area contributed by atoms with Gasteiger partial charge in [-0.1, -0.05) is 12.1 Å². The van der Waals surface area contributed by atoms with Gasteiger partial charge >= 0.3 is 0 Å². The molecule has 0 saturated carbocycles. The van der Waals surface area contributed by atoms with Crippen LogP contribution in [0.4, 0.5) is 5.82 Å². The Balaban J connectivity index is 1.38. The van der Waals surface area contributed by atoms with Crippen molar-refractivity contribution >= 4 is 5.82 Å². The van der Waals surface area contributed by atoms with Gasteiger partial charge in [0.25, 0.3) is 0 Å². The first-order valence-electron chi connectivity index (χ1n) is 10.3. The Morgan fingerprint density at radius 1 is 0.964 bits per heavy atom. The molecule has 6 nitrogen and oxygen atoms in total. The van der Waals surface area contributed by atoms with Crippen molar-refractivity contribution in [1.29, 1.82) is 0 Å². The maximum atomic E-state index is 5.88. The number of para-hydroxylation sites is 1. The van der Waals surface area contributed by atoms with Gasteiger partial charge in [-0.05, 0) is 51.0 Å². The SMILES string of the molecule is COc1ccccc1-c1ccc(N2CCC(N3C[C@@H](C)O[C@@H](C)C3)CC2)nn1. The number of rotatable bonds is 4. The minimum Gasteiger partial charge on any atom is -0.496 e. The van der Waals surface area contributed by atoms with Crippen molar-refractivity contribution in [3.63, 3.8) is 0 Å². The van der Waals surface area contributed by atoms with Crippen molar-refractivity contribution in [3.05, 3.63) is 36.4 Å². The lowest BCUT2D eigenvalue weighted by Crippen LogP contribution is -2.53. The van der Waals surface area contributed by atoms with Crippen LogP contribution in [0.3, 0.4) is 0 Å². The van der Waals surface area contributed by atoms with Gasteiger partial charge in [0.1, 0.15) is 5.75 Å². The first-order chi connectivity index (χ1) is 13.6. The summed E-state index contributed by atoms with van der Waals surface area (Å²) in [5.74, 6) is 1.78. The summed E-state index contributed by atoms with van der Waals surface area (Å²) in [6.45, 7) is 8.49. The van der Waals surface area contributed by atoms with Gasteiger partial charge in [-0.15, -0.1) is 10.2 Å². The van der Waals surface area contributed by atoms with Crippen LogP contribution in [0.5, 0.6) is 5.75 Å².